The number of carbonyl (C=O) groups is 1. The summed E-state index contributed by atoms with van der Waals surface area (Å²) in [5.41, 5.74) is 5.20. The minimum absolute atomic E-state index is 0.222. The standard InChI is InChI=1S/C24H30N4O6/c1-7-9-25-28(24(30)33-8-2)34-21-14(3)10-16(11-15(21)4)22-26-18-12-17(31-5)13-19(32-6)20(18)23(29)27-22/h10-13,25H,7-9H2,1-6H3,(H,26,27,29). The van der Waals surface area contributed by atoms with Gasteiger partial charge in [0.2, 0.25) is 0 Å². The molecular weight excluding hydrogens is 440 g/mol. The van der Waals surface area contributed by atoms with Crippen LogP contribution < -0.4 is 25.3 Å². The Morgan fingerprint density at radius 2 is 1.79 bits per heavy atom. The van der Waals surface area contributed by atoms with Gasteiger partial charge in [-0.25, -0.2) is 9.78 Å². The van der Waals surface area contributed by atoms with Crippen molar-refractivity contribution in [3.8, 4) is 28.6 Å². The van der Waals surface area contributed by atoms with E-state index in [1.165, 1.54) is 14.2 Å². The van der Waals surface area contributed by atoms with Crippen molar-refractivity contribution >= 4 is 17.0 Å². The number of nitrogens with one attached hydrogen (secondary N) is 2. The Bertz CT molecular complexity index is 1220. The van der Waals surface area contributed by atoms with Crippen LogP contribution in [0.3, 0.4) is 0 Å². The van der Waals surface area contributed by atoms with E-state index >= 15 is 0 Å². The number of hydrogen-bond donors (Lipinski definition) is 2. The molecule has 10 heteroatoms. The molecule has 0 bridgehead atoms. The van der Waals surface area contributed by atoms with Crippen LogP contribution in [0.15, 0.2) is 29.1 Å². The third kappa shape index (κ3) is 5.23. The third-order valence-electron chi connectivity index (χ3n) is 5.06. The van der Waals surface area contributed by atoms with Gasteiger partial charge in [-0.2, -0.15) is 5.43 Å². The summed E-state index contributed by atoms with van der Waals surface area (Å²) in [5.74, 6) is 1.79. The molecule has 1 aromatic heterocycles. The molecule has 2 aromatic carbocycles. The van der Waals surface area contributed by atoms with E-state index < -0.39 is 6.09 Å². The lowest BCUT2D eigenvalue weighted by Crippen LogP contribution is -2.46. The van der Waals surface area contributed by atoms with Crippen molar-refractivity contribution in [2.24, 2.45) is 0 Å². The highest BCUT2D eigenvalue weighted by molar-refractivity contribution is 5.87. The molecule has 0 aliphatic rings. The average Bonchev–Trinajstić information content (AvgIpc) is 2.82. The Morgan fingerprint density at radius 3 is 2.38 bits per heavy atom. The number of hydrazine groups is 1. The number of aromatic nitrogens is 2. The number of methoxy groups -OCH3 is 2. The van der Waals surface area contributed by atoms with Gasteiger partial charge in [-0.3, -0.25) is 4.79 Å². The first kappa shape index (κ1) is 24.8. The quantitative estimate of drug-likeness (QED) is 0.453. The molecule has 0 saturated carbocycles. The molecule has 0 saturated heterocycles. The van der Waals surface area contributed by atoms with Gasteiger partial charge in [-0.15, -0.1) is 0 Å². The van der Waals surface area contributed by atoms with Gasteiger partial charge in [0.1, 0.15) is 22.7 Å². The maximum atomic E-state index is 12.9. The van der Waals surface area contributed by atoms with E-state index in [0.717, 1.165) is 22.7 Å². The summed E-state index contributed by atoms with van der Waals surface area (Å²) < 4.78 is 15.7. The van der Waals surface area contributed by atoms with Crippen LogP contribution >= 0.6 is 0 Å². The molecule has 10 nitrogen and oxygen atoms in total. The molecule has 0 unspecified atom stereocenters. The zero-order chi connectivity index (χ0) is 24.8. The molecule has 34 heavy (non-hydrogen) atoms. The second-order valence-electron chi connectivity index (χ2n) is 7.57. The molecule has 3 rings (SSSR count). The number of hydrogen-bond acceptors (Lipinski definition) is 8. The molecule has 0 radical (unpaired) electrons. The Balaban J connectivity index is 2.02. The first-order chi connectivity index (χ1) is 16.3. The minimum atomic E-state index is -0.637. The summed E-state index contributed by atoms with van der Waals surface area (Å²) in [6, 6.07) is 6.98. The molecule has 2 N–H and O–H groups in total. The van der Waals surface area contributed by atoms with Crippen molar-refractivity contribution in [3.63, 3.8) is 0 Å². The lowest BCUT2D eigenvalue weighted by molar-refractivity contribution is -0.0862. The number of nitrogens with zero attached hydrogens (tertiary/aromatic N) is 2. The average molecular weight is 471 g/mol. The van der Waals surface area contributed by atoms with Crippen molar-refractivity contribution in [3.05, 3.63) is 45.7 Å². The zero-order valence-corrected chi connectivity index (χ0v) is 20.3. The number of carbonyl (C=O) groups excluding carboxylic acids is 1. The molecule has 0 atom stereocenters. The predicted octanol–water partition coefficient (Wildman–Crippen LogP) is 3.89. The maximum absolute atomic E-state index is 12.9. The lowest BCUT2D eigenvalue weighted by atomic mass is 10.0. The van der Waals surface area contributed by atoms with Gasteiger partial charge in [0, 0.05) is 24.2 Å². The van der Waals surface area contributed by atoms with Gasteiger partial charge in [0.25, 0.3) is 5.56 Å². The van der Waals surface area contributed by atoms with E-state index in [-0.39, 0.29) is 12.2 Å². The molecule has 0 aliphatic carbocycles. The van der Waals surface area contributed by atoms with Crippen LogP contribution in [0.25, 0.3) is 22.3 Å². The topological polar surface area (TPSA) is 115 Å². The minimum Gasteiger partial charge on any atom is -0.497 e. The van der Waals surface area contributed by atoms with E-state index in [1.807, 2.05) is 32.9 Å². The van der Waals surface area contributed by atoms with Crippen LogP contribution in [0.5, 0.6) is 17.2 Å². The van der Waals surface area contributed by atoms with Gasteiger partial charge >= 0.3 is 6.09 Å². The summed E-state index contributed by atoms with van der Waals surface area (Å²) in [6.07, 6.45) is 0.162. The molecule has 0 spiro atoms. The number of ether oxygens (including phenoxy) is 3. The second kappa shape index (κ2) is 10.9. The van der Waals surface area contributed by atoms with Crippen molar-refractivity contribution < 1.29 is 23.8 Å². The van der Waals surface area contributed by atoms with Gasteiger partial charge in [-0.05, 0) is 50.5 Å². The van der Waals surface area contributed by atoms with Crippen LogP contribution in [0.4, 0.5) is 4.79 Å². The van der Waals surface area contributed by atoms with E-state index in [1.54, 1.807) is 19.1 Å². The monoisotopic (exact) mass is 470 g/mol. The largest absolute Gasteiger partial charge is 0.497 e. The number of aromatic amines is 1. The first-order valence-electron chi connectivity index (χ1n) is 11.0. The Labute approximate surface area is 197 Å². The predicted molar refractivity (Wildman–Crippen MR) is 128 cm³/mol. The van der Waals surface area contributed by atoms with E-state index in [4.69, 9.17) is 19.0 Å². The molecule has 1 heterocycles. The van der Waals surface area contributed by atoms with Crippen LogP contribution in [0.1, 0.15) is 31.4 Å². The molecule has 3 aromatic rings. The fourth-order valence-corrected chi connectivity index (χ4v) is 3.48. The van der Waals surface area contributed by atoms with Crippen LogP contribution in [-0.4, -0.2) is 48.6 Å². The third-order valence-corrected chi connectivity index (χ3v) is 5.06. The smallest absolute Gasteiger partial charge is 0.459 e. The molecule has 0 aliphatic heterocycles. The molecule has 182 valence electrons. The van der Waals surface area contributed by atoms with Crippen molar-refractivity contribution in [2.75, 3.05) is 27.4 Å². The number of fused-ring (bicyclic) bond motifs is 1. The van der Waals surface area contributed by atoms with Crippen LogP contribution in [0.2, 0.25) is 0 Å². The lowest BCUT2D eigenvalue weighted by Gasteiger charge is -2.24. The maximum Gasteiger partial charge on any atom is 0.459 e. The highest BCUT2D eigenvalue weighted by Gasteiger charge is 2.20. The van der Waals surface area contributed by atoms with Gasteiger partial charge in [-0.1, -0.05) is 12.1 Å². The number of aryl methyl sites for hydroxylation is 2. The molecule has 0 fully saturated rings. The first-order valence-corrected chi connectivity index (χ1v) is 11.0. The Hall–Kier alpha value is -3.79. The number of hydroxylamine groups is 1. The van der Waals surface area contributed by atoms with Gasteiger partial charge in [0.15, 0.2) is 5.75 Å². The van der Waals surface area contributed by atoms with Crippen molar-refractivity contribution in [1.29, 1.82) is 0 Å². The Kier molecular flexibility index (Phi) is 7.95. The molecular formula is C24H30N4O6. The normalized spacial score (nSPS) is 10.8. The van der Waals surface area contributed by atoms with Crippen LogP contribution in [0, 0.1) is 13.8 Å². The second-order valence-corrected chi connectivity index (χ2v) is 7.57. The highest BCUT2D eigenvalue weighted by Crippen LogP contribution is 2.32. The van der Waals surface area contributed by atoms with Crippen molar-refractivity contribution in [2.45, 2.75) is 34.1 Å². The van der Waals surface area contributed by atoms with Gasteiger partial charge in [0.05, 0.1) is 26.3 Å². The number of amides is 1. The summed E-state index contributed by atoms with van der Waals surface area (Å²) in [5, 5.41) is 1.34. The van der Waals surface area contributed by atoms with E-state index in [2.05, 4.69) is 15.4 Å². The highest BCUT2D eigenvalue weighted by atomic mass is 16.8. The zero-order valence-electron chi connectivity index (χ0n) is 20.3. The summed E-state index contributed by atoms with van der Waals surface area (Å²) >= 11 is 0. The number of rotatable bonds is 9. The molecule has 1 amide bonds. The summed E-state index contributed by atoms with van der Waals surface area (Å²) in [7, 11) is 3.02. The SMILES string of the molecule is CCCNN(Oc1c(C)cc(-c2nc3cc(OC)cc(OC)c3c(=O)[nH]2)cc1C)C(=O)OCC. The Morgan fingerprint density at radius 1 is 1.09 bits per heavy atom. The number of H-pyrrole nitrogens is 1. The van der Waals surface area contributed by atoms with Gasteiger partial charge < -0.3 is 24.0 Å². The fraction of sp³-hybridized carbons (Fsp3) is 0.375. The summed E-state index contributed by atoms with van der Waals surface area (Å²) in [6.45, 7) is 8.15. The fourth-order valence-electron chi connectivity index (χ4n) is 3.48. The summed E-state index contributed by atoms with van der Waals surface area (Å²) in [4.78, 5) is 38.5. The number of benzene rings is 2. The van der Waals surface area contributed by atoms with E-state index in [0.29, 0.717) is 46.1 Å². The van der Waals surface area contributed by atoms with Crippen molar-refractivity contribution in [1.82, 2.24) is 20.6 Å². The van der Waals surface area contributed by atoms with E-state index in [9.17, 15) is 9.59 Å². The van der Waals surface area contributed by atoms with Crippen LogP contribution in [-0.2, 0) is 4.74 Å².